The first-order valence-corrected chi connectivity index (χ1v) is 7.19. The Morgan fingerprint density at radius 2 is 2.14 bits per heavy atom. The quantitative estimate of drug-likeness (QED) is 0.922. The molecule has 0 saturated carbocycles. The van der Waals surface area contributed by atoms with E-state index in [4.69, 9.17) is 4.42 Å². The number of carbonyl (C=O) groups excluding carboxylic acids is 2. The van der Waals surface area contributed by atoms with Crippen molar-refractivity contribution in [2.45, 2.75) is 13.3 Å². The zero-order valence-electron chi connectivity index (χ0n) is 12.3. The first-order valence-electron chi connectivity index (χ1n) is 7.19. The minimum atomic E-state index is -0.124. The average molecular weight is 299 g/mol. The lowest BCUT2D eigenvalue weighted by atomic mass is 10.2. The number of piperazine rings is 1. The fourth-order valence-electron chi connectivity index (χ4n) is 2.40. The first-order chi connectivity index (χ1) is 10.6. The van der Waals surface area contributed by atoms with Crippen LogP contribution in [-0.4, -0.2) is 41.3 Å². The summed E-state index contributed by atoms with van der Waals surface area (Å²) in [7, 11) is 0. The minimum Gasteiger partial charge on any atom is -0.441 e. The summed E-state index contributed by atoms with van der Waals surface area (Å²) in [6, 6.07) is 9.56. The van der Waals surface area contributed by atoms with E-state index < -0.39 is 0 Å². The lowest BCUT2D eigenvalue weighted by molar-refractivity contribution is -0.137. The standard InChI is InChI=1S/C16H17N3O3/c1-11-13(9-15(21)19-8-7-17-14(20)10-19)18-16(22-11)12-5-3-2-4-6-12/h2-6H,7-10H2,1H3,(H,17,20). The van der Waals surface area contributed by atoms with E-state index in [1.807, 2.05) is 30.3 Å². The summed E-state index contributed by atoms with van der Waals surface area (Å²) >= 11 is 0. The third-order valence-electron chi connectivity index (χ3n) is 3.62. The maximum Gasteiger partial charge on any atom is 0.239 e. The van der Waals surface area contributed by atoms with Crippen LogP contribution < -0.4 is 5.32 Å². The van der Waals surface area contributed by atoms with Gasteiger partial charge in [0.05, 0.1) is 18.7 Å². The van der Waals surface area contributed by atoms with Gasteiger partial charge >= 0.3 is 0 Å². The van der Waals surface area contributed by atoms with Gasteiger partial charge in [0.25, 0.3) is 0 Å². The topological polar surface area (TPSA) is 75.4 Å². The van der Waals surface area contributed by atoms with E-state index in [1.165, 1.54) is 0 Å². The molecule has 1 aromatic heterocycles. The van der Waals surface area contributed by atoms with Crippen molar-refractivity contribution in [3.63, 3.8) is 0 Å². The summed E-state index contributed by atoms with van der Waals surface area (Å²) in [6.45, 7) is 2.94. The summed E-state index contributed by atoms with van der Waals surface area (Å²) in [5, 5.41) is 2.70. The second-order valence-electron chi connectivity index (χ2n) is 5.23. The number of rotatable bonds is 3. The first kappa shape index (κ1) is 14.3. The lowest BCUT2D eigenvalue weighted by Crippen LogP contribution is -2.50. The van der Waals surface area contributed by atoms with Crippen molar-refractivity contribution in [2.24, 2.45) is 0 Å². The van der Waals surface area contributed by atoms with Crippen LogP contribution in [0, 0.1) is 6.92 Å². The predicted octanol–water partition coefficient (Wildman–Crippen LogP) is 1.15. The van der Waals surface area contributed by atoms with Gasteiger partial charge in [-0.3, -0.25) is 9.59 Å². The molecule has 2 aromatic rings. The van der Waals surface area contributed by atoms with Crippen molar-refractivity contribution in [1.82, 2.24) is 15.2 Å². The molecule has 0 radical (unpaired) electrons. The Morgan fingerprint density at radius 1 is 1.36 bits per heavy atom. The van der Waals surface area contributed by atoms with Gasteiger partial charge in [0.15, 0.2) is 0 Å². The number of amides is 2. The minimum absolute atomic E-state index is 0.106. The molecule has 1 saturated heterocycles. The molecular formula is C16H17N3O3. The molecule has 0 atom stereocenters. The van der Waals surface area contributed by atoms with Gasteiger partial charge in [0.1, 0.15) is 5.76 Å². The van der Waals surface area contributed by atoms with E-state index >= 15 is 0 Å². The highest BCUT2D eigenvalue weighted by Gasteiger charge is 2.23. The fraction of sp³-hybridized carbons (Fsp3) is 0.312. The monoisotopic (exact) mass is 299 g/mol. The van der Waals surface area contributed by atoms with Crippen LogP contribution in [0.5, 0.6) is 0 Å². The second kappa shape index (κ2) is 6.01. The molecule has 1 aliphatic heterocycles. The number of aryl methyl sites for hydroxylation is 1. The summed E-state index contributed by atoms with van der Waals surface area (Å²) in [5.74, 6) is 0.915. The Labute approximate surface area is 128 Å². The molecule has 1 aliphatic rings. The Morgan fingerprint density at radius 3 is 2.86 bits per heavy atom. The van der Waals surface area contributed by atoms with Gasteiger partial charge in [-0.1, -0.05) is 18.2 Å². The Hall–Kier alpha value is -2.63. The molecule has 1 aromatic carbocycles. The van der Waals surface area contributed by atoms with Crippen LogP contribution >= 0.6 is 0 Å². The molecular weight excluding hydrogens is 282 g/mol. The zero-order valence-corrected chi connectivity index (χ0v) is 12.3. The van der Waals surface area contributed by atoms with Gasteiger partial charge in [0, 0.05) is 18.7 Å². The van der Waals surface area contributed by atoms with Gasteiger partial charge < -0.3 is 14.6 Å². The Bertz CT molecular complexity index is 694. The lowest BCUT2D eigenvalue weighted by Gasteiger charge is -2.26. The van der Waals surface area contributed by atoms with E-state index in [1.54, 1.807) is 11.8 Å². The molecule has 0 bridgehead atoms. The third kappa shape index (κ3) is 3.00. The van der Waals surface area contributed by atoms with Crippen molar-refractivity contribution in [1.29, 1.82) is 0 Å². The summed E-state index contributed by atoms with van der Waals surface area (Å²) in [4.78, 5) is 29.6. The van der Waals surface area contributed by atoms with Crippen LogP contribution in [0.2, 0.25) is 0 Å². The summed E-state index contributed by atoms with van der Waals surface area (Å²) in [6.07, 6.45) is 0.148. The van der Waals surface area contributed by atoms with Crippen molar-refractivity contribution < 1.29 is 14.0 Å². The largest absolute Gasteiger partial charge is 0.441 e. The van der Waals surface area contributed by atoms with E-state index in [-0.39, 0.29) is 24.8 Å². The van der Waals surface area contributed by atoms with Crippen molar-refractivity contribution in [3.05, 3.63) is 41.8 Å². The molecule has 114 valence electrons. The van der Waals surface area contributed by atoms with Gasteiger partial charge in [-0.25, -0.2) is 4.98 Å². The number of aromatic nitrogens is 1. The van der Waals surface area contributed by atoms with Gasteiger partial charge in [-0.2, -0.15) is 0 Å². The molecule has 0 unspecified atom stereocenters. The molecule has 1 fully saturated rings. The third-order valence-corrected chi connectivity index (χ3v) is 3.62. The normalized spacial score (nSPS) is 14.8. The second-order valence-corrected chi connectivity index (χ2v) is 5.23. The van der Waals surface area contributed by atoms with Gasteiger partial charge in [0.2, 0.25) is 17.7 Å². The molecule has 3 rings (SSSR count). The molecule has 0 aliphatic carbocycles. The summed E-state index contributed by atoms with van der Waals surface area (Å²) < 4.78 is 5.65. The van der Waals surface area contributed by atoms with Crippen molar-refractivity contribution in [2.75, 3.05) is 19.6 Å². The smallest absolute Gasteiger partial charge is 0.239 e. The van der Waals surface area contributed by atoms with E-state index in [0.717, 1.165) is 5.56 Å². The Kier molecular flexibility index (Phi) is 3.91. The van der Waals surface area contributed by atoms with Crippen LogP contribution in [0.3, 0.4) is 0 Å². The van der Waals surface area contributed by atoms with Crippen molar-refractivity contribution in [3.8, 4) is 11.5 Å². The fourth-order valence-corrected chi connectivity index (χ4v) is 2.40. The van der Waals surface area contributed by atoms with Gasteiger partial charge in [-0.05, 0) is 19.1 Å². The number of benzene rings is 1. The molecule has 2 heterocycles. The highest BCUT2D eigenvalue weighted by molar-refractivity contribution is 5.86. The number of oxazole rings is 1. The van der Waals surface area contributed by atoms with Crippen LogP contribution in [0.4, 0.5) is 0 Å². The number of carbonyl (C=O) groups is 2. The molecule has 6 nitrogen and oxygen atoms in total. The number of nitrogens with one attached hydrogen (secondary N) is 1. The summed E-state index contributed by atoms with van der Waals surface area (Å²) in [5.41, 5.74) is 1.50. The highest BCUT2D eigenvalue weighted by atomic mass is 16.4. The van der Waals surface area contributed by atoms with E-state index in [9.17, 15) is 9.59 Å². The van der Waals surface area contributed by atoms with Crippen LogP contribution in [0.15, 0.2) is 34.7 Å². The Balaban J connectivity index is 1.74. The zero-order chi connectivity index (χ0) is 15.5. The molecule has 1 N–H and O–H groups in total. The highest BCUT2D eigenvalue weighted by Crippen LogP contribution is 2.22. The van der Waals surface area contributed by atoms with E-state index in [0.29, 0.717) is 30.4 Å². The average Bonchev–Trinajstić information content (AvgIpc) is 2.89. The molecule has 0 spiro atoms. The molecule has 22 heavy (non-hydrogen) atoms. The van der Waals surface area contributed by atoms with Crippen molar-refractivity contribution >= 4 is 11.8 Å². The maximum absolute atomic E-state index is 12.3. The number of hydrogen-bond donors (Lipinski definition) is 1. The van der Waals surface area contributed by atoms with Crippen LogP contribution in [0.25, 0.3) is 11.5 Å². The van der Waals surface area contributed by atoms with Gasteiger partial charge in [-0.15, -0.1) is 0 Å². The van der Waals surface area contributed by atoms with Crippen LogP contribution in [-0.2, 0) is 16.0 Å². The number of hydrogen-bond acceptors (Lipinski definition) is 4. The van der Waals surface area contributed by atoms with E-state index in [2.05, 4.69) is 10.3 Å². The number of nitrogens with zero attached hydrogens (tertiary/aromatic N) is 2. The molecule has 6 heteroatoms. The maximum atomic E-state index is 12.3. The SMILES string of the molecule is Cc1oc(-c2ccccc2)nc1CC(=O)N1CCNC(=O)C1. The van der Waals surface area contributed by atoms with Crippen LogP contribution in [0.1, 0.15) is 11.5 Å². The predicted molar refractivity (Wildman–Crippen MR) is 80.0 cm³/mol. The molecule has 2 amide bonds.